The number of carbonyl (C=O) groups excluding carboxylic acids is 1. The van der Waals surface area contributed by atoms with Crippen LogP contribution >= 0.6 is 0 Å². The maximum absolute atomic E-state index is 13.5. The van der Waals surface area contributed by atoms with Crippen LogP contribution in [0, 0.1) is 0 Å². The molecule has 186 valence electrons. The van der Waals surface area contributed by atoms with Crippen molar-refractivity contribution in [2.75, 3.05) is 20.3 Å². The molecule has 3 aromatic carbocycles. The van der Waals surface area contributed by atoms with Crippen molar-refractivity contribution in [2.45, 2.75) is 6.92 Å². The molecule has 0 N–H and O–H groups in total. The fourth-order valence-electron chi connectivity index (χ4n) is 3.89. The predicted molar refractivity (Wildman–Crippen MR) is 139 cm³/mol. The van der Waals surface area contributed by atoms with Crippen molar-refractivity contribution < 1.29 is 23.4 Å². The van der Waals surface area contributed by atoms with E-state index < -0.39 is 5.97 Å². The summed E-state index contributed by atoms with van der Waals surface area (Å²) in [4.78, 5) is 30.1. The van der Waals surface area contributed by atoms with Gasteiger partial charge < -0.3 is 18.6 Å². The van der Waals surface area contributed by atoms with Gasteiger partial charge in [0, 0.05) is 10.9 Å². The topological polar surface area (TPSA) is 105 Å². The minimum atomic E-state index is -0.515. The van der Waals surface area contributed by atoms with E-state index in [1.807, 2.05) is 36.4 Å². The van der Waals surface area contributed by atoms with Gasteiger partial charge in [0.2, 0.25) is 5.82 Å². The van der Waals surface area contributed by atoms with E-state index in [2.05, 4.69) is 10.1 Å². The maximum Gasteiger partial charge on any atom is 0.344 e. The van der Waals surface area contributed by atoms with Crippen LogP contribution in [0.1, 0.15) is 12.5 Å². The molecule has 5 rings (SSSR count). The van der Waals surface area contributed by atoms with Gasteiger partial charge in [-0.3, -0.25) is 4.79 Å². The van der Waals surface area contributed by atoms with E-state index in [1.165, 1.54) is 18.0 Å². The first kappa shape index (κ1) is 23.8. The minimum absolute atomic E-state index is 0.241. The summed E-state index contributed by atoms with van der Waals surface area (Å²) in [6.45, 7) is 1.65. The molecule has 37 heavy (non-hydrogen) atoms. The Morgan fingerprint density at radius 2 is 1.89 bits per heavy atom. The quantitative estimate of drug-likeness (QED) is 0.227. The number of carbonyl (C=O) groups is 1. The highest BCUT2D eigenvalue weighted by Crippen LogP contribution is 2.31. The Hall–Kier alpha value is -4.92. The van der Waals surface area contributed by atoms with Crippen molar-refractivity contribution in [1.82, 2.24) is 9.66 Å². The van der Waals surface area contributed by atoms with Gasteiger partial charge in [0.25, 0.3) is 5.56 Å². The van der Waals surface area contributed by atoms with E-state index >= 15 is 0 Å². The van der Waals surface area contributed by atoms with Gasteiger partial charge in [-0.2, -0.15) is 9.78 Å². The minimum Gasteiger partial charge on any atom is -0.493 e. The van der Waals surface area contributed by atoms with Crippen molar-refractivity contribution in [3.63, 3.8) is 0 Å². The lowest BCUT2D eigenvalue weighted by Crippen LogP contribution is -2.20. The molecule has 2 aromatic heterocycles. The number of para-hydroxylation sites is 3. The lowest BCUT2D eigenvalue weighted by molar-refractivity contribution is -0.145. The molecule has 0 aliphatic heterocycles. The standard InChI is InChI=1S/C28H23N3O6/c1-3-35-25(32)17-36-26-19(10-8-14-23(26)34-2)16-29-31-27(24-15-18-9-4-7-13-22(18)37-24)30-21-12-6-5-11-20(21)28(31)33/h4-16H,3,17H2,1-2H3. The van der Waals surface area contributed by atoms with Gasteiger partial charge in [0.1, 0.15) is 5.58 Å². The first-order valence-electron chi connectivity index (χ1n) is 11.6. The summed E-state index contributed by atoms with van der Waals surface area (Å²) in [7, 11) is 1.49. The first-order valence-corrected chi connectivity index (χ1v) is 11.6. The molecule has 0 spiro atoms. The van der Waals surface area contributed by atoms with Gasteiger partial charge in [-0.15, -0.1) is 0 Å². The van der Waals surface area contributed by atoms with Crippen LogP contribution in [0.3, 0.4) is 0 Å². The summed E-state index contributed by atoms with van der Waals surface area (Å²) >= 11 is 0. The Kier molecular flexibility index (Phi) is 6.67. The molecule has 0 unspecified atom stereocenters. The molecule has 0 bridgehead atoms. The number of hydrogen-bond acceptors (Lipinski definition) is 8. The smallest absolute Gasteiger partial charge is 0.344 e. The van der Waals surface area contributed by atoms with E-state index in [9.17, 15) is 9.59 Å². The number of benzene rings is 3. The number of hydrogen-bond donors (Lipinski definition) is 0. The van der Waals surface area contributed by atoms with Gasteiger partial charge in [-0.05, 0) is 43.3 Å². The SMILES string of the molecule is CCOC(=O)COc1c(C=Nn2c(-c3cc4ccccc4o3)nc3ccccc3c2=O)cccc1OC. The second-order valence-electron chi connectivity index (χ2n) is 7.93. The maximum atomic E-state index is 13.5. The molecule has 5 aromatic rings. The largest absolute Gasteiger partial charge is 0.493 e. The molecule has 9 nitrogen and oxygen atoms in total. The summed E-state index contributed by atoms with van der Waals surface area (Å²) < 4.78 is 23.3. The van der Waals surface area contributed by atoms with Crippen molar-refractivity contribution in [2.24, 2.45) is 5.10 Å². The van der Waals surface area contributed by atoms with E-state index in [0.29, 0.717) is 33.6 Å². The first-order chi connectivity index (χ1) is 18.1. The average Bonchev–Trinajstić information content (AvgIpc) is 3.36. The molecule has 0 atom stereocenters. The van der Waals surface area contributed by atoms with Crippen LogP contribution in [-0.4, -0.2) is 42.2 Å². The van der Waals surface area contributed by atoms with Crippen molar-refractivity contribution in [3.8, 4) is 23.1 Å². The highest BCUT2D eigenvalue weighted by Gasteiger charge is 2.17. The van der Waals surface area contributed by atoms with E-state index in [-0.39, 0.29) is 30.3 Å². The molecule has 0 amide bonds. The predicted octanol–water partition coefficient (Wildman–Crippen LogP) is 4.64. The fraction of sp³-hybridized carbons (Fsp3) is 0.143. The second-order valence-corrected chi connectivity index (χ2v) is 7.93. The zero-order valence-electron chi connectivity index (χ0n) is 20.2. The summed E-state index contributed by atoms with van der Waals surface area (Å²) in [5.74, 6) is 0.806. The number of aromatic nitrogens is 2. The monoisotopic (exact) mass is 497 g/mol. The Morgan fingerprint density at radius 1 is 1.08 bits per heavy atom. The number of ether oxygens (including phenoxy) is 3. The second kappa shape index (κ2) is 10.4. The molecule has 0 fully saturated rings. The third kappa shape index (κ3) is 4.79. The highest BCUT2D eigenvalue weighted by molar-refractivity contribution is 5.87. The zero-order valence-corrected chi connectivity index (χ0v) is 20.2. The third-order valence-electron chi connectivity index (χ3n) is 5.58. The van der Waals surface area contributed by atoms with Crippen molar-refractivity contribution in [3.05, 3.63) is 88.7 Å². The van der Waals surface area contributed by atoms with Crippen LogP contribution in [0.2, 0.25) is 0 Å². The highest BCUT2D eigenvalue weighted by atomic mass is 16.6. The zero-order chi connectivity index (χ0) is 25.8. The molecule has 0 radical (unpaired) electrons. The Labute approximate surface area is 211 Å². The molecule has 0 saturated carbocycles. The summed E-state index contributed by atoms with van der Waals surface area (Å²) in [5, 5.41) is 5.76. The normalized spacial score (nSPS) is 11.3. The molecular formula is C28H23N3O6. The van der Waals surface area contributed by atoms with Crippen molar-refractivity contribution in [1.29, 1.82) is 0 Å². The number of fused-ring (bicyclic) bond motifs is 2. The number of methoxy groups -OCH3 is 1. The Bertz CT molecular complexity index is 1650. The van der Waals surface area contributed by atoms with E-state index in [0.717, 1.165) is 5.39 Å². The lowest BCUT2D eigenvalue weighted by atomic mass is 10.2. The van der Waals surface area contributed by atoms with Gasteiger partial charge in [0.15, 0.2) is 23.9 Å². The molecule has 0 aliphatic rings. The summed E-state index contributed by atoms with van der Waals surface area (Å²) in [6.07, 6.45) is 1.45. The van der Waals surface area contributed by atoms with Gasteiger partial charge in [0.05, 0.1) is 30.8 Å². The molecular weight excluding hydrogens is 474 g/mol. The lowest BCUT2D eigenvalue weighted by Gasteiger charge is -2.13. The fourth-order valence-corrected chi connectivity index (χ4v) is 3.89. The van der Waals surface area contributed by atoms with Crippen LogP contribution in [0.15, 0.2) is 87.1 Å². The number of furan rings is 1. The number of esters is 1. The van der Waals surface area contributed by atoms with Gasteiger partial charge in [-0.1, -0.05) is 36.4 Å². The molecule has 0 saturated heterocycles. The molecule has 0 aliphatic carbocycles. The summed E-state index contributed by atoms with van der Waals surface area (Å²) in [5.41, 5.74) is 1.31. The van der Waals surface area contributed by atoms with Crippen LogP contribution < -0.4 is 15.0 Å². The van der Waals surface area contributed by atoms with Gasteiger partial charge in [-0.25, -0.2) is 9.78 Å². The third-order valence-corrected chi connectivity index (χ3v) is 5.58. The molecule has 9 heteroatoms. The molecule has 2 heterocycles. The summed E-state index contributed by atoms with van der Waals surface area (Å²) in [6, 6.07) is 21.6. The van der Waals surface area contributed by atoms with Crippen molar-refractivity contribution >= 4 is 34.1 Å². The van der Waals surface area contributed by atoms with Crippen LogP contribution in [-0.2, 0) is 9.53 Å². The van der Waals surface area contributed by atoms with E-state index in [1.54, 1.807) is 43.3 Å². The van der Waals surface area contributed by atoms with E-state index in [4.69, 9.17) is 18.6 Å². The Morgan fingerprint density at radius 3 is 2.70 bits per heavy atom. The van der Waals surface area contributed by atoms with Crippen LogP contribution in [0.5, 0.6) is 11.5 Å². The van der Waals surface area contributed by atoms with Gasteiger partial charge >= 0.3 is 5.97 Å². The Balaban J connectivity index is 1.63. The van der Waals surface area contributed by atoms with Crippen LogP contribution in [0.25, 0.3) is 33.5 Å². The number of rotatable bonds is 8. The number of nitrogens with zero attached hydrogens (tertiary/aromatic N) is 3. The average molecular weight is 498 g/mol. The van der Waals surface area contributed by atoms with Crippen LogP contribution in [0.4, 0.5) is 0 Å².